The maximum absolute atomic E-state index is 11.0. The van der Waals surface area contributed by atoms with Crippen LogP contribution in [0.2, 0.25) is 0 Å². The van der Waals surface area contributed by atoms with Crippen molar-refractivity contribution < 1.29 is 9.90 Å². The zero-order valence-corrected chi connectivity index (χ0v) is 16.6. The topological polar surface area (TPSA) is 65.5 Å². The van der Waals surface area contributed by atoms with E-state index in [1.54, 1.807) is 6.07 Å². The lowest BCUT2D eigenvalue weighted by molar-refractivity contribution is 0.0696. The molecule has 0 amide bonds. The quantitative estimate of drug-likeness (QED) is 0.420. The van der Waals surface area contributed by atoms with Crippen LogP contribution >= 0.6 is 11.9 Å². The maximum Gasteiger partial charge on any atom is 0.335 e. The number of pyridine rings is 1. The van der Waals surface area contributed by atoms with E-state index in [4.69, 9.17) is 5.11 Å². The maximum atomic E-state index is 11.0. The molecule has 25 heavy (non-hydrogen) atoms. The summed E-state index contributed by atoms with van der Waals surface area (Å²) in [7, 11) is 2.11. The number of carboxylic acids is 1. The molecule has 0 aliphatic rings. The second kappa shape index (κ2) is 11.9. The van der Waals surface area contributed by atoms with Crippen LogP contribution in [0.5, 0.6) is 0 Å². The molecule has 1 rings (SSSR count). The van der Waals surface area contributed by atoms with Gasteiger partial charge in [-0.3, -0.25) is 4.98 Å². The predicted molar refractivity (Wildman–Crippen MR) is 106 cm³/mol. The summed E-state index contributed by atoms with van der Waals surface area (Å²) in [5, 5.41) is 12.4. The number of unbranched alkanes of at least 4 members (excludes halogenated alkanes) is 3. The first kappa shape index (κ1) is 21.5. The van der Waals surface area contributed by atoms with Gasteiger partial charge in [-0.25, -0.2) is 9.10 Å². The SMILES string of the molecule is CCCCCCSN(C)C/C(C)=C/NC(C)c1cc(C(=O)O)ccn1. The van der Waals surface area contributed by atoms with Crippen LogP contribution in [-0.2, 0) is 0 Å². The van der Waals surface area contributed by atoms with E-state index in [0.29, 0.717) is 0 Å². The fraction of sp³-hybridized carbons (Fsp3) is 0.579. The normalized spacial score (nSPS) is 13.1. The zero-order valence-electron chi connectivity index (χ0n) is 15.8. The van der Waals surface area contributed by atoms with Crippen molar-refractivity contribution in [3.05, 3.63) is 41.4 Å². The Morgan fingerprint density at radius 2 is 2.20 bits per heavy atom. The summed E-state index contributed by atoms with van der Waals surface area (Å²) in [5.74, 6) is 0.236. The van der Waals surface area contributed by atoms with Gasteiger partial charge in [-0.15, -0.1) is 0 Å². The van der Waals surface area contributed by atoms with Crippen molar-refractivity contribution in [3.8, 4) is 0 Å². The molecule has 2 N–H and O–H groups in total. The fourth-order valence-electron chi connectivity index (χ4n) is 2.36. The Kier molecular flexibility index (Phi) is 10.3. The van der Waals surface area contributed by atoms with Crippen LogP contribution in [-0.4, -0.2) is 39.7 Å². The van der Waals surface area contributed by atoms with E-state index in [1.807, 2.05) is 25.1 Å². The highest BCUT2D eigenvalue weighted by Gasteiger charge is 2.09. The molecule has 1 aromatic rings. The van der Waals surface area contributed by atoms with E-state index in [9.17, 15) is 4.79 Å². The molecule has 1 atom stereocenters. The largest absolute Gasteiger partial charge is 0.478 e. The molecular weight excluding hydrogens is 334 g/mol. The van der Waals surface area contributed by atoms with Crippen LogP contribution < -0.4 is 5.32 Å². The van der Waals surface area contributed by atoms with Gasteiger partial charge in [0.05, 0.1) is 17.3 Å². The molecule has 0 spiro atoms. The van der Waals surface area contributed by atoms with Gasteiger partial charge in [0, 0.05) is 18.5 Å². The molecule has 140 valence electrons. The molecule has 0 saturated carbocycles. The van der Waals surface area contributed by atoms with E-state index >= 15 is 0 Å². The molecule has 0 aliphatic carbocycles. The third-order valence-electron chi connectivity index (χ3n) is 3.83. The van der Waals surface area contributed by atoms with Gasteiger partial charge < -0.3 is 10.4 Å². The Labute approximate surface area is 156 Å². The Morgan fingerprint density at radius 1 is 1.44 bits per heavy atom. The highest BCUT2D eigenvalue weighted by molar-refractivity contribution is 7.96. The van der Waals surface area contributed by atoms with Crippen LogP contribution in [0.3, 0.4) is 0 Å². The summed E-state index contributed by atoms with van der Waals surface area (Å²) in [6, 6.07) is 3.08. The van der Waals surface area contributed by atoms with Gasteiger partial charge in [-0.2, -0.15) is 0 Å². The Morgan fingerprint density at radius 3 is 2.88 bits per heavy atom. The summed E-state index contributed by atoms with van der Waals surface area (Å²) in [4.78, 5) is 15.3. The van der Waals surface area contributed by atoms with E-state index in [1.165, 1.54) is 49.3 Å². The lowest BCUT2D eigenvalue weighted by atomic mass is 10.1. The highest BCUT2D eigenvalue weighted by Crippen LogP contribution is 2.14. The smallest absolute Gasteiger partial charge is 0.335 e. The predicted octanol–water partition coefficient (Wildman–Crippen LogP) is 4.49. The average molecular weight is 366 g/mol. The average Bonchev–Trinajstić information content (AvgIpc) is 2.59. The molecule has 0 radical (unpaired) electrons. The Bertz CT molecular complexity index is 563. The van der Waals surface area contributed by atoms with Crippen molar-refractivity contribution in [3.63, 3.8) is 0 Å². The first-order chi connectivity index (χ1) is 11.9. The van der Waals surface area contributed by atoms with Gasteiger partial charge in [0.15, 0.2) is 0 Å². The van der Waals surface area contributed by atoms with Crippen molar-refractivity contribution in [2.45, 2.75) is 52.5 Å². The number of likely N-dealkylation sites (N-methyl/N-ethyl adjacent to an activating group) is 1. The van der Waals surface area contributed by atoms with Gasteiger partial charge in [-0.05, 0) is 51.2 Å². The monoisotopic (exact) mass is 365 g/mol. The third-order valence-corrected chi connectivity index (χ3v) is 4.87. The Hall–Kier alpha value is -1.53. The molecule has 5 nitrogen and oxygen atoms in total. The van der Waals surface area contributed by atoms with Gasteiger partial charge in [-0.1, -0.05) is 38.1 Å². The van der Waals surface area contributed by atoms with E-state index in [-0.39, 0.29) is 11.6 Å². The minimum Gasteiger partial charge on any atom is -0.478 e. The van der Waals surface area contributed by atoms with Crippen molar-refractivity contribution in [2.24, 2.45) is 0 Å². The van der Waals surface area contributed by atoms with Gasteiger partial charge in [0.1, 0.15) is 0 Å². The van der Waals surface area contributed by atoms with Gasteiger partial charge in [0.25, 0.3) is 0 Å². The van der Waals surface area contributed by atoms with Crippen molar-refractivity contribution in [1.29, 1.82) is 0 Å². The Balaban J connectivity index is 2.40. The summed E-state index contributed by atoms with van der Waals surface area (Å²) >= 11 is 1.88. The van der Waals surface area contributed by atoms with Crippen LogP contribution in [0, 0.1) is 0 Å². The molecule has 0 fully saturated rings. The molecule has 6 heteroatoms. The minimum absolute atomic E-state index is 0.0405. The number of aromatic carboxylic acids is 1. The molecule has 1 heterocycles. The first-order valence-corrected chi connectivity index (χ1v) is 9.83. The number of aromatic nitrogens is 1. The van der Waals surface area contributed by atoms with Crippen LogP contribution in [0.15, 0.2) is 30.1 Å². The lowest BCUT2D eigenvalue weighted by Crippen LogP contribution is -2.18. The number of hydrogen-bond donors (Lipinski definition) is 2. The van der Waals surface area contributed by atoms with Gasteiger partial charge in [0.2, 0.25) is 0 Å². The van der Waals surface area contributed by atoms with Crippen molar-refractivity contribution >= 4 is 17.9 Å². The lowest BCUT2D eigenvalue weighted by Gasteiger charge is -2.17. The van der Waals surface area contributed by atoms with Crippen LogP contribution in [0.4, 0.5) is 0 Å². The molecule has 1 unspecified atom stereocenters. The first-order valence-electron chi connectivity index (χ1n) is 8.89. The molecule has 0 aliphatic heterocycles. The van der Waals surface area contributed by atoms with Gasteiger partial charge >= 0.3 is 5.97 Å². The molecule has 0 aromatic carbocycles. The number of carbonyl (C=O) groups is 1. The highest BCUT2D eigenvalue weighted by atomic mass is 32.2. The summed E-state index contributed by atoms with van der Waals surface area (Å²) in [5.41, 5.74) is 2.21. The van der Waals surface area contributed by atoms with Crippen molar-refractivity contribution in [2.75, 3.05) is 19.3 Å². The van der Waals surface area contributed by atoms with E-state index in [0.717, 1.165) is 12.2 Å². The number of rotatable bonds is 12. The summed E-state index contributed by atoms with van der Waals surface area (Å²) < 4.78 is 2.26. The van der Waals surface area contributed by atoms with Crippen LogP contribution in [0.25, 0.3) is 0 Å². The molecule has 1 aromatic heterocycles. The second-order valence-corrected chi connectivity index (χ2v) is 7.62. The summed E-state index contributed by atoms with van der Waals surface area (Å²) in [6.45, 7) is 7.19. The fourth-order valence-corrected chi connectivity index (χ4v) is 3.30. The van der Waals surface area contributed by atoms with E-state index < -0.39 is 5.97 Å². The van der Waals surface area contributed by atoms with E-state index in [2.05, 4.69) is 35.5 Å². The standard InChI is InChI=1S/C19H31N3O2S/c1-5-6-7-8-11-25-22(4)14-15(2)13-21-16(3)18-12-17(19(23)24)9-10-20-18/h9-10,12-13,16,21H,5-8,11,14H2,1-4H3,(H,23,24)/b15-13+. The molecular formula is C19H31N3O2S. The number of carboxylic acid groups (broad SMARTS) is 1. The number of nitrogens with zero attached hydrogens (tertiary/aromatic N) is 2. The van der Waals surface area contributed by atoms with Crippen LogP contribution in [0.1, 0.15) is 68.5 Å². The molecule has 0 bridgehead atoms. The zero-order chi connectivity index (χ0) is 18.7. The third kappa shape index (κ3) is 8.93. The number of hydrogen-bond acceptors (Lipinski definition) is 5. The van der Waals surface area contributed by atoms with Crippen molar-refractivity contribution in [1.82, 2.24) is 14.6 Å². The second-order valence-electron chi connectivity index (χ2n) is 6.33. The minimum atomic E-state index is -0.930. The number of nitrogens with one attached hydrogen (secondary N) is 1. The summed E-state index contributed by atoms with van der Waals surface area (Å²) in [6.07, 6.45) is 8.71. The molecule has 0 saturated heterocycles.